The maximum atomic E-state index is 13.3. The lowest BCUT2D eigenvalue weighted by atomic mass is 9.99. The van der Waals surface area contributed by atoms with Gasteiger partial charge in [-0.2, -0.15) is 5.10 Å². The number of nitrogens with zero attached hydrogens (tertiary/aromatic N) is 6. The van der Waals surface area contributed by atoms with Gasteiger partial charge in [-0.3, -0.25) is 4.79 Å². The first-order chi connectivity index (χ1) is 15.5. The molecule has 2 fully saturated rings. The number of amides is 1. The zero-order valence-corrected chi connectivity index (χ0v) is 18.2. The van der Waals surface area contributed by atoms with Crippen molar-refractivity contribution in [2.75, 3.05) is 24.5 Å². The maximum Gasteiger partial charge on any atom is 0.273 e. The first-order valence-corrected chi connectivity index (χ1v) is 11.1. The smallest absolute Gasteiger partial charge is 0.273 e. The fourth-order valence-corrected chi connectivity index (χ4v) is 4.72. The number of fused-ring (bicyclic) bond motifs is 1. The Morgan fingerprint density at radius 3 is 2.84 bits per heavy atom. The van der Waals surface area contributed by atoms with E-state index < -0.39 is 0 Å². The molecule has 5 rings (SSSR count). The van der Waals surface area contributed by atoms with Gasteiger partial charge in [0.05, 0.1) is 11.7 Å². The quantitative estimate of drug-likeness (QED) is 0.643. The summed E-state index contributed by atoms with van der Waals surface area (Å²) in [7, 11) is 0. The average molecular weight is 430 g/mol. The van der Waals surface area contributed by atoms with Crippen LogP contribution in [0.15, 0.2) is 30.6 Å². The van der Waals surface area contributed by atoms with Gasteiger partial charge in [-0.25, -0.2) is 14.5 Å². The molecule has 0 spiro atoms. The van der Waals surface area contributed by atoms with Crippen LogP contribution in [0.2, 0.25) is 0 Å². The minimum Gasteiger partial charge on any atom is -0.355 e. The van der Waals surface area contributed by atoms with Gasteiger partial charge in [-0.15, -0.1) is 6.42 Å². The normalized spacial score (nSPS) is 21.2. The summed E-state index contributed by atoms with van der Waals surface area (Å²) in [6.45, 7) is 4.47. The number of hydrogen-bond acceptors (Lipinski definition) is 6. The van der Waals surface area contributed by atoms with Gasteiger partial charge in [0, 0.05) is 55.3 Å². The second-order valence-electron chi connectivity index (χ2n) is 8.70. The van der Waals surface area contributed by atoms with E-state index in [1.807, 2.05) is 21.7 Å². The molecule has 0 saturated carbocycles. The van der Waals surface area contributed by atoms with Crippen LogP contribution in [0.4, 0.5) is 5.82 Å². The average Bonchev–Trinajstić information content (AvgIpc) is 3.43. The molecule has 2 saturated heterocycles. The van der Waals surface area contributed by atoms with Gasteiger partial charge in [0.15, 0.2) is 5.65 Å². The first kappa shape index (κ1) is 20.5. The van der Waals surface area contributed by atoms with Crippen molar-refractivity contribution < 1.29 is 4.79 Å². The Bertz CT molecular complexity index is 1190. The molecule has 8 heteroatoms. The van der Waals surface area contributed by atoms with Gasteiger partial charge in [0.25, 0.3) is 5.91 Å². The molecule has 0 aliphatic carbocycles. The molecular weight excluding hydrogens is 402 g/mol. The molecule has 2 atom stereocenters. The lowest BCUT2D eigenvalue weighted by Crippen LogP contribution is -2.39. The number of aromatic nitrogens is 4. The Hall–Kier alpha value is -3.44. The molecule has 164 valence electrons. The van der Waals surface area contributed by atoms with Crippen LogP contribution in [0.5, 0.6) is 0 Å². The van der Waals surface area contributed by atoms with E-state index in [4.69, 9.17) is 22.2 Å². The van der Waals surface area contributed by atoms with Crippen molar-refractivity contribution in [3.63, 3.8) is 0 Å². The summed E-state index contributed by atoms with van der Waals surface area (Å²) in [5, 5.41) is 4.80. The van der Waals surface area contributed by atoms with Gasteiger partial charge in [-0.1, -0.05) is 5.92 Å². The molecule has 2 aliphatic heterocycles. The van der Waals surface area contributed by atoms with Crippen LogP contribution in [0.3, 0.4) is 0 Å². The number of likely N-dealkylation sites (tertiary alicyclic amines) is 1. The molecule has 32 heavy (non-hydrogen) atoms. The summed E-state index contributed by atoms with van der Waals surface area (Å²) in [5.74, 6) is 3.41. The van der Waals surface area contributed by atoms with Gasteiger partial charge in [-0.05, 0) is 44.7 Å². The number of nitrogens with two attached hydrogens (primary N) is 1. The van der Waals surface area contributed by atoms with E-state index in [2.05, 4.69) is 22.7 Å². The molecule has 0 aromatic carbocycles. The topological polar surface area (TPSA) is 92.7 Å². The highest BCUT2D eigenvalue weighted by Gasteiger charge is 2.31. The number of anilines is 1. The lowest BCUT2D eigenvalue weighted by Gasteiger charge is -2.34. The van der Waals surface area contributed by atoms with E-state index in [-0.39, 0.29) is 18.0 Å². The molecule has 3 aromatic rings. The van der Waals surface area contributed by atoms with Crippen LogP contribution < -0.4 is 10.6 Å². The number of terminal acetylenes is 1. The van der Waals surface area contributed by atoms with Crippen LogP contribution in [-0.4, -0.2) is 56.1 Å². The van der Waals surface area contributed by atoms with E-state index in [1.54, 1.807) is 18.3 Å². The Morgan fingerprint density at radius 1 is 1.25 bits per heavy atom. The zero-order chi connectivity index (χ0) is 22.2. The number of pyridine rings is 1. The summed E-state index contributed by atoms with van der Waals surface area (Å²) in [6, 6.07) is 5.55. The minimum atomic E-state index is -0.101. The highest BCUT2D eigenvalue weighted by Crippen LogP contribution is 2.32. The van der Waals surface area contributed by atoms with E-state index >= 15 is 0 Å². The number of aryl methyl sites for hydroxylation is 1. The summed E-state index contributed by atoms with van der Waals surface area (Å²) in [4.78, 5) is 26.6. The van der Waals surface area contributed by atoms with Gasteiger partial charge in [0.2, 0.25) is 0 Å². The molecule has 2 aliphatic rings. The van der Waals surface area contributed by atoms with E-state index in [0.29, 0.717) is 17.8 Å². The van der Waals surface area contributed by atoms with Crippen LogP contribution in [0.25, 0.3) is 5.65 Å². The molecule has 0 radical (unpaired) electrons. The van der Waals surface area contributed by atoms with Crippen molar-refractivity contribution in [3.05, 3.63) is 53.1 Å². The summed E-state index contributed by atoms with van der Waals surface area (Å²) < 4.78 is 1.82. The van der Waals surface area contributed by atoms with Gasteiger partial charge >= 0.3 is 0 Å². The second-order valence-corrected chi connectivity index (χ2v) is 8.70. The largest absolute Gasteiger partial charge is 0.355 e. The molecule has 8 nitrogen and oxygen atoms in total. The van der Waals surface area contributed by atoms with Crippen molar-refractivity contribution in [3.8, 4) is 12.3 Å². The number of rotatable bonds is 3. The monoisotopic (exact) mass is 429 g/mol. The second kappa shape index (κ2) is 8.24. The van der Waals surface area contributed by atoms with E-state index in [1.165, 1.54) is 0 Å². The fraction of sp³-hybridized carbons (Fsp3) is 0.417. The van der Waals surface area contributed by atoms with Crippen molar-refractivity contribution in [1.29, 1.82) is 0 Å². The SMILES string of the molecule is C#Cc1ccc(C(=O)N2CCCC[C@H]2c2cc3nc(N4CC[C@H](N)C4)c(C)cn3n2)nc1. The Labute approximate surface area is 187 Å². The third-order valence-electron chi connectivity index (χ3n) is 6.40. The van der Waals surface area contributed by atoms with Gasteiger partial charge in [0.1, 0.15) is 11.5 Å². The third-order valence-corrected chi connectivity index (χ3v) is 6.40. The van der Waals surface area contributed by atoms with Crippen molar-refractivity contribution >= 4 is 17.4 Å². The number of carbonyl (C=O) groups excluding carboxylic acids is 1. The molecule has 2 N–H and O–H groups in total. The molecule has 0 unspecified atom stereocenters. The van der Waals surface area contributed by atoms with Crippen molar-refractivity contribution in [2.24, 2.45) is 5.73 Å². The highest BCUT2D eigenvalue weighted by molar-refractivity contribution is 5.92. The molecule has 3 aromatic heterocycles. The van der Waals surface area contributed by atoms with Crippen molar-refractivity contribution in [1.82, 2.24) is 24.5 Å². The van der Waals surface area contributed by atoms with Crippen LogP contribution in [0.1, 0.15) is 59.0 Å². The minimum absolute atomic E-state index is 0.0915. The number of hydrogen-bond donors (Lipinski definition) is 1. The van der Waals surface area contributed by atoms with Crippen LogP contribution >= 0.6 is 0 Å². The molecular formula is C24H27N7O. The molecule has 1 amide bonds. The summed E-state index contributed by atoms with van der Waals surface area (Å²) >= 11 is 0. The van der Waals surface area contributed by atoms with Crippen LogP contribution in [0, 0.1) is 19.3 Å². The molecule has 5 heterocycles. The first-order valence-electron chi connectivity index (χ1n) is 11.1. The standard InChI is InChI=1S/C24H27N7O/c1-3-17-7-8-19(26-13-17)24(32)30-10-5-4-6-21(30)20-12-22-27-23(16(2)14-31(22)28-20)29-11-9-18(25)15-29/h1,7-8,12-14,18,21H,4-6,9-11,15,25H2,2H3/t18-,21-/m0/s1. The maximum absolute atomic E-state index is 13.3. The Balaban J connectivity index is 1.45. The third kappa shape index (κ3) is 3.69. The predicted molar refractivity (Wildman–Crippen MR) is 122 cm³/mol. The van der Waals surface area contributed by atoms with Crippen LogP contribution in [-0.2, 0) is 0 Å². The van der Waals surface area contributed by atoms with Crippen molar-refractivity contribution in [2.45, 2.75) is 44.7 Å². The Kier molecular flexibility index (Phi) is 5.27. The molecule has 0 bridgehead atoms. The highest BCUT2D eigenvalue weighted by atomic mass is 16.2. The number of piperidine rings is 1. The Morgan fingerprint density at radius 2 is 2.12 bits per heavy atom. The lowest BCUT2D eigenvalue weighted by molar-refractivity contribution is 0.0599. The van der Waals surface area contributed by atoms with Gasteiger partial charge < -0.3 is 15.5 Å². The summed E-state index contributed by atoms with van der Waals surface area (Å²) in [5.41, 5.74) is 9.87. The predicted octanol–water partition coefficient (Wildman–Crippen LogP) is 2.32. The number of carbonyl (C=O) groups is 1. The summed E-state index contributed by atoms with van der Waals surface area (Å²) in [6.07, 6.45) is 12.9. The van der Waals surface area contributed by atoms with E-state index in [9.17, 15) is 4.79 Å². The van der Waals surface area contributed by atoms with E-state index in [0.717, 1.165) is 61.5 Å². The zero-order valence-electron chi connectivity index (χ0n) is 18.2. The fourth-order valence-electron chi connectivity index (χ4n) is 4.72.